The number of benzene rings is 1. The minimum absolute atomic E-state index is 0. The number of aromatic carboxylic acids is 1. The monoisotopic (exact) mass is 509 g/mol. The Hall–Kier alpha value is -2.55. The molecule has 0 aliphatic carbocycles. The zero-order valence-electron chi connectivity index (χ0n) is 19.6. The third-order valence-corrected chi connectivity index (χ3v) is 6.26. The van der Waals surface area contributed by atoms with E-state index in [2.05, 4.69) is 27.8 Å². The number of pyridine rings is 1. The Morgan fingerprint density at radius 2 is 1.74 bits per heavy atom. The predicted octanol–water partition coefficient (Wildman–Crippen LogP) is 3.49. The smallest absolute Gasteiger partial charge is 0.335 e. The normalized spacial score (nSPS) is 18.5. The molecule has 10 heteroatoms. The molecule has 186 valence electrons. The Bertz CT molecular complexity index is 967. The van der Waals surface area contributed by atoms with Crippen molar-refractivity contribution in [1.82, 2.24) is 14.9 Å². The number of hydrogen-bond acceptors (Lipinski definition) is 6. The average Bonchev–Trinajstić information content (AvgIpc) is 3.07. The van der Waals surface area contributed by atoms with E-state index in [-0.39, 0.29) is 42.3 Å². The lowest BCUT2D eigenvalue weighted by atomic mass is 10.2. The first-order valence-corrected chi connectivity index (χ1v) is 11.2. The fourth-order valence-corrected chi connectivity index (χ4v) is 4.52. The van der Waals surface area contributed by atoms with Crippen LogP contribution in [-0.2, 0) is 4.79 Å². The van der Waals surface area contributed by atoms with Gasteiger partial charge in [0.15, 0.2) is 0 Å². The number of carboxylic acid groups (broad SMARTS) is 1. The summed E-state index contributed by atoms with van der Waals surface area (Å²) >= 11 is 0. The van der Waals surface area contributed by atoms with Gasteiger partial charge in [0.2, 0.25) is 5.91 Å². The second kappa shape index (κ2) is 12.2. The van der Waals surface area contributed by atoms with Gasteiger partial charge in [0.1, 0.15) is 5.82 Å². The van der Waals surface area contributed by atoms with Crippen LogP contribution < -0.4 is 9.91 Å². The topological polar surface area (TPSA) is 80.2 Å². The number of hydrazine groups is 1. The van der Waals surface area contributed by atoms with Crippen molar-refractivity contribution in [2.75, 3.05) is 49.2 Å². The molecule has 2 aromatic rings. The number of aryl methyl sites for hydroxylation is 1. The molecule has 3 heterocycles. The molecule has 1 aromatic carbocycles. The van der Waals surface area contributed by atoms with E-state index in [9.17, 15) is 9.59 Å². The van der Waals surface area contributed by atoms with Gasteiger partial charge >= 0.3 is 5.97 Å². The summed E-state index contributed by atoms with van der Waals surface area (Å²) < 4.78 is 0. The first-order chi connectivity index (χ1) is 15.4. The van der Waals surface area contributed by atoms with Gasteiger partial charge in [-0.1, -0.05) is 0 Å². The molecular formula is C24H33Cl2N5O3. The van der Waals surface area contributed by atoms with Crippen molar-refractivity contribution in [3.05, 3.63) is 53.7 Å². The fraction of sp³-hybridized carbons (Fsp3) is 0.458. The fourth-order valence-electron chi connectivity index (χ4n) is 4.52. The molecule has 1 N–H and O–H groups in total. The lowest BCUT2D eigenvalue weighted by molar-refractivity contribution is -0.128. The highest BCUT2D eigenvalue weighted by atomic mass is 35.5. The number of nitrogens with zero attached hydrogens (tertiary/aromatic N) is 5. The summed E-state index contributed by atoms with van der Waals surface area (Å²) in [5, 5.41) is 13.0. The molecule has 0 saturated carbocycles. The van der Waals surface area contributed by atoms with Crippen molar-refractivity contribution >= 4 is 48.2 Å². The molecule has 2 saturated heterocycles. The van der Waals surface area contributed by atoms with Crippen LogP contribution in [0.1, 0.15) is 35.7 Å². The molecule has 1 aromatic heterocycles. The van der Waals surface area contributed by atoms with Gasteiger partial charge in [0.05, 0.1) is 23.7 Å². The quantitative estimate of drug-likeness (QED) is 0.611. The van der Waals surface area contributed by atoms with Crippen LogP contribution in [0.5, 0.6) is 0 Å². The van der Waals surface area contributed by atoms with Gasteiger partial charge in [-0.25, -0.2) is 9.78 Å². The molecule has 1 unspecified atom stereocenters. The number of piperazine rings is 1. The highest BCUT2D eigenvalue weighted by Gasteiger charge is 2.35. The molecular weight excluding hydrogens is 477 g/mol. The average molecular weight is 510 g/mol. The Kier molecular flexibility index (Phi) is 9.97. The van der Waals surface area contributed by atoms with Gasteiger partial charge in [-0.2, -0.15) is 0 Å². The van der Waals surface area contributed by atoms with Crippen molar-refractivity contribution in [3.8, 4) is 0 Å². The number of carbonyl (C=O) groups excluding carboxylic acids is 1. The van der Waals surface area contributed by atoms with E-state index >= 15 is 0 Å². The third kappa shape index (κ3) is 6.31. The van der Waals surface area contributed by atoms with Crippen molar-refractivity contribution in [2.24, 2.45) is 0 Å². The van der Waals surface area contributed by atoms with Gasteiger partial charge in [0.25, 0.3) is 0 Å². The molecule has 2 aliphatic rings. The first kappa shape index (κ1) is 27.7. The van der Waals surface area contributed by atoms with E-state index in [0.29, 0.717) is 13.0 Å². The van der Waals surface area contributed by atoms with Gasteiger partial charge in [-0.3, -0.25) is 19.7 Å². The van der Waals surface area contributed by atoms with E-state index in [4.69, 9.17) is 5.11 Å². The van der Waals surface area contributed by atoms with E-state index in [1.807, 2.05) is 29.2 Å². The number of rotatable bonds is 7. The number of aromatic nitrogens is 1. The van der Waals surface area contributed by atoms with Crippen molar-refractivity contribution in [2.45, 2.75) is 32.7 Å². The molecule has 0 bridgehead atoms. The minimum atomic E-state index is -0.947. The molecule has 1 atom stereocenters. The standard InChI is InChI=1S/C24H31N5O3.2ClH/c1-18-8-9-25-22(16-18)27-14-12-26(13-15-27)10-3-11-28-23(30)17-19(2)29(28)21-6-4-20(5-7-21)24(31)32;;/h4-9,16,19H,3,10-15,17H2,1-2H3,(H,31,32);2*1H. The summed E-state index contributed by atoms with van der Waals surface area (Å²) in [6.07, 6.45) is 3.24. The summed E-state index contributed by atoms with van der Waals surface area (Å²) in [4.78, 5) is 33.0. The van der Waals surface area contributed by atoms with Crippen molar-refractivity contribution in [1.29, 1.82) is 0 Å². The number of carboxylic acids is 1. The van der Waals surface area contributed by atoms with Crippen molar-refractivity contribution < 1.29 is 14.7 Å². The molecule has 34 heavy (non-hydrogen) atoms. The van der Waals surface area contributed by atoms with E-state index in [0.717, 1.165) is 50.6 Å². The lowest BCUT2D eigenvalue weighted by Crippen LogP contribution is -2.48. The molecule has 0 spiro atoms. The first-order valence-electron chi connectivity index (χ1n) is 11.2. The maximum atomic E-state index is 12.6. The van der Waals surface area contributed by atoms with Gasteiger partial charge < -0.3 is 10.0 Å². The third-order valence-electron chi connectivity index (χ3n) is 6.26. The second-order valence-corrected chi connectivity index (χ2v) is 8.64. The molecule has 8 nitrogen and oxygen atoms in total. The van der Waals surface area contributed by atoms with Crippen LogP contribution >= 0.6 is 24.8 Å². The van der Waals surface area contributed by atoms with Gasteiger partial charge in [0, 0.05) is 45.5 Å². The van der Waals surface area contributed by atoms with Crippen LogP contribution in [0.15, 0.2) is 42.6 Å². The SMILES string of the molecule is Cc1ccnc(N2CCN(CCCN3C(=O)CC(C)N3c3ccc(C(=O)O)cc3)CC2)c1.Cl.Cl. The molecule has 0 radical (unpaired) electrons. The van der Waals surface area contributed by atoms with Crippen LogP contribution in [0.25, 0.3) is 0 Å². The Morgan fingerprint density at radius 1 is 1.06 bits per heavy atom. The minimum Gasteiger partial charge on any atom is -0.478 e. The van der Waals surface area contributed by atoms with Crippen LogP contribution in [0, 0.1) is 6.92 Å². The maximum absolute atomic E-state index is 12.6. The zero-order chi connectivity index (χ0) is 22.7. The number of carbonyl (C=O) groups is 2. The second-order valence-electron chi connectivity index (χ2n) is 8.64. The summed E-state index contributed by atoms with van der Waals surface area (Å²) in [7, 11) is 0. The highest BCUT2D eigenvalue weighted by Crippen LogP contribution is 2.28. The zero-order valence-corrected chi connectivity index (χ0v) is 21.2. The van der Waals surface area contributed by atoms with Crippen molar-refractivity contribution in [3.63, 3.8) is 0 Å². The van der Waals surface area contributed by atoms with E-state index in [1.165, 1.54) is 5.56 Å². The molecule has 2 fully saturated rings. The summed E-state index contributed by atoms with van der Waals surface area (Å²) in [5.74, 6) is 0.221. The Balaban J connectivity index is 0.00000204. The van der Waals surface area contributed by atoms with E-state index < -0.39 is 5.97 Å². The van der Waals surface area contributed by atoms with Crippen LogP contribution in [0.2, 0.25) is 0 Å². The number of halogens is 2. The van der Waals surface area contributed by atoms with Crippen LogP contribution in [0.3, 0.4) is 0 Å². The summed E-state index contributed by atoms with van der Waals surface area (Å²) in [5.41, 5.74) is 2.33. The molecule has 1 amide bonds. The van der Waals surface area contributed by atoms with Crippen LogP contribution in [0.4, 0.5) is 11.5 Å². The maximum Gasteiger partial charge on any atom is 0.335 e. The highest BCUT2D eigenvalue weighted by molar-refractivity contribution is 5.88. The predicted molar refractivity (Wildman–Crippen MR) is 138 cm³/mol. The largest absolute Gasteiger partial charge is 0.478 e. The molecule has 2 aliphatic heterocycles. The van der Waals surface area contributed by atoms with Gasteiger partial charge in [-0.15, -0.1) is 24.8 Å². The number of anilines is 2. The summed E-state index contributed by atoms with van der Waals surface area (Å²) in [6.45, 7) is 9.60. The van der Waals surface area contributed by atoms with Gasteiger partial charge in [-0.05, 0) is 62.2 Å². The lowest BCUT2D eigenvalue weighted by Gasteiger charge is -2.36. The Morgan fingerprint density at radius 3 is 2.35 bits per heavy atom. The Labute approximate surface area is 213 Å². The van der Waals surface area contributed by atoms with E-state index in [1.54, 1.807) is 24.3 Å². The summed E-state index contributed by atoms with van der Waals surface area (Å²) in [6, 6.07) is 11.0. The van der Waals surface area contributed by atoms with Crippen LogP contribution in [-0.4, -0.2) is 77.2 Å². The number of hydrogen-bond donors (Lipinski definition) is 1. The molecule has 4 rings (SSSR count). The number of amides is 1.